The van der Waals surface area contributed by atoms with Crippen molar-refractivity contribution in [3.05, 3.63) is 17.0 Å². The molecule has 0 aromatic carbocycles. The van der Waals surface area contributed by atoms with E-state index in [2.05, 4.69) is 6.92 Å². The highest BCUT2D eigenvalue weighted by atomic mass is 16.6. The highest BCUT2D eigenvalue weighted by Crippen LogP contribution is 1.88. The Balaban J connectivity index is 3.13. The largest absolute Gasteiger partial charge is 0.265 e. The van der Waals surface area contributed by atoms with E-state index in [4.69, 9.17) is 0 Å². The van der Waals surface area contributed by atoms with Crippen molar-refractivity contribution >= 4 is 0 Å². The van der Waals surface area contributed by atoms with Crippen LogP contribution in [0.15, 0.2) is 0 Å². The Kier molecular flexibility index (Phi) is 2.33. The SMILES string of the molecule is [CH2]C(C)C[N+](=O)[O-]. The molecule has 0 aliphatic heterocycles. The van der Waals surface area contributed by atoms with E-state index in [9.17, 15) is 10.1 Å². The lowest BCUT2D eigenvalue weighted by atomic mass is 10.2. The van der Waals surface area contributed by atoms with Crippen LogP contribution in [0.25, 0.3) is 0 Å². The quantitative estimate of drug-likeness (QED) is 0.381. The molecule has 0 N–H and O–H groups in total. The minimum atomic E-state index is -0.363. The molecule has 0 fully saturated rings. The smallest absolute Gasteiger partial charge is 0.206 e. The Morgan fingerprint density at radius 2 is 2.43 bits per heavy atom. The highest BCUT2D eigenvalue weighted by Gasteiger charge is 1.99. The minimum Gasteiger partial charge on any atom is -0.265 e. The maximum atomic E-state index is 9.58. The van der Waals surface area contributed by atoms with Gasteiger partial charge in [-0.25, -0.2) is 0 Å². The van der Waals surface area contributed by atoms with Crippen molar-refractivity contribution in [1.82, 2.24) is 0 Å². The van der Waals surface area contributed by atoms with Gasteiger partial charge in [0.2, 0.25) is 6.54 Å². The van der Waals surface area contributed by atoms with Gasteiger partial charge in [-0.2, -0.15) is 0 Å². The summed E-state index contributed by atoms with van der Waals surface area (Å²) in [5.41, 5.74) is 0. The zero-order valence-electron chi connectivity index (χ0n) is 4.26. The van der Waals surface area contributed by atoms with Crippen LogP contribution in [-0.4, -0.2) is 11.5 Å². The van der Waals surface area contributed by atoms with E-state index >= 15 is 0 Å². The molecule has 1 atom stereocenters. The van der Waals surface area contributed by atoms with Crippen LogP contribution in [0.5, 0.6) is 0 Å². The molecular weight excluding hydrogens is 94.0 g/mol. The fourth-order valence-corrected chi connectivity index (χ4v) is 0.254. The lowest BCUT2D eigenvalue weighted by molar-refractivity contribution is -0.485. The molecule has 1 radical (unpaired) electrons. The number of nitrogens with zero attached hydrogens (tertiary/aromatic N) is 1. The summed E-state index contributed by atoms with van der Waals surface area (Å²) in [5, 5.41) is 9.58. The second-order valence-electron chi connectivity index (χ2n) is 1.62. The van der Waals surface area contributed by atoms with Crippen molar-refractivity contribution in [3.8, 4) is 0 Å². The van der Waals surface area contributed by atoms with Gasteiger partial charge in [-0.05, 0) is 6.92 Å². The van der Waals surface area contributed by atoms with Crippen LogP contribution < -0.4 is 0 Å². The molecule has 0 aromatic rings. The first-order chi connectivity index (χ1) is 3.13. The summed E-state index contributed by atoms with van der Waals surface area (Å²) in [6.07, 6.45) is 0. The van der Waals surface area contributed by atoms with Crippen molar-refractivity contribution in [2.24, 2.45) is 5.92 Å². The predicted molar refractivity (Wildman–Crippen MR) is 26.4 cm³/mol. The van der Waals surface area contributed by atoms with Crippen LogP contribution in [0.3, 0.4) is 0 Å². The van der Waals surface area contributed by atoms with Crippen molar-refractivity contribution in [2.75, 3.05) is 6.54 Å². The normalized spacial score (nSPS) is 9.57. The van der Waals surface area contributed by atoms with Crippen molar-refractivity contribution < 1.29 is 4.92 Å². The van der Waals surface area contributed by atoms with Gasteiger partial charge in [-0.3, -0.25) is 10.1 Å². The summed E-state index contributed by atoms with van der Waals surface area (Å²) in [6.45, 7) is 5.12. The second kappa shape index (κ2) is 2.55. The second-order valence-corrected chi connectivity index (χ2v) is 1.62. The van der Waals surface area contributed by atoms with E-state index in [1.54, 1.807) is 6.92 Å². The molecule has 0 saturated heterocycles. The van der Waals surface area contributed by atoms with E-state index in [0.717, 1.165) is 0 Å². The van der Waals surface area contributed by atoms with Crippen LogP contribution in [0.4, 0.5) is 0 Å². The maximum Gasteiger partial charge on any atom is 0.206 e. The molecule has 0 spiro atoms. The fraction of sp³-hybridized carbons (Fsp3) is 0.750. The first-order valence-corrected chi connectivity index (χ1v) is 2.08. The van der Waals surface area contributed by atoms with E-state index in [1.165, 1.54) is 0 Å². The lowest BCUT2D eigenvalue weighted by Gasteiger charge is -1.92. The number of rotatable bonds is 2. The lowest BCUT2D eigenvalue weighted by Crippen LogP contribution is -2.06. The van der Waals surface area contributed by atoms with Crippen LogP contribution in [0.1, 0.15) is 6.92 Å². The molecule has 0 amide bonds. The first-order valence-electron chi connectivity index (χ1n) is 2.08. The van der Waals surface area contributed by atoms with Crippen LogP contribution >= 0.6 is 0 Å². The molecule has 0 rings (SSSR count). The van der Waals surface area contributed by atoms with Gasteiger partial charge in [0.25, 0.3) is 0 Å². The fourth-order valence-electron chi connectivity index (χ4n) is 0.254. The summed E-state index contributed by atoms with van der Waals surface area (Å²) in [4.78, 5) is 9.21. The number of nitro groups is 1. The van der Waals surface area contributed by atoms with Gasteiger partial charge in [0, 0.05) is 10.8 Å². The molecular formula is C4H8NO2. The Morgan fingerprint density at radius 1 is 2.00 bits per heavy atom. The Morgan fingerprint density at radius 3 is 2.43 bits per heavy atom. The third-order valence-corrected chi connectivity index (χ3v) is 0.461. The zero-order chi connectivity index (χ0) is 5.86. The highest BCUT2D eigenvalue weighted by molar-refractivity contribution is 4.48. The zero-order valence-corrected chi connectivity index (χ0v) is 4.26. The predicted octanol–water partition coefficient (Wildman–Crippen LogP) is 0.733. The summed E-state index contributed by atoms with van der Waals surface area (Å²) >= 11 is 0. The van der Waals surface area contributed by atoms with Gasteiger partial charge in [0.15, 0.2) is 0 Å². The average molecular weight is 102 g/mol. The Bertz CT molecular complexity index is 70.1. The monoisotopic (exact) mass is 102 g/mol. The molecule has 3 heteroatoms. The summed E-state index contributed by atoms with van der Waals surface area (Å²) in [6, 6.07) is 0. The molecule has 7 heavy (non-hydrogen) atoms. The maximum absolute atomic E-state index is 9.58. The third-order valence-electron chi connectivity index (χ3n) is 0.461. The van der Waals surface area contributed by atoms with Crippen LogP contribution in [-0.2, 0) is 0 Å². The molecule has 0 saturated carbocycles. The van der Waals surface area contributed by atoms with Gasteiger partial charge in [0.1, 0.15) is 0 Å². The third kappa shape index (κ3) is 5.40. The van der Waals surface area contributed by atoms with Crippen molar-refractivity contribution in [3.63, 3.8) is 0 Å². The summed E-state index contributed by atoms with van der Waals surface area (Å²) in [5.74, 6) is -0.0741. The van der Waals surface area contributed by atoms with E-state index in [0.29, 0.717) is 0 Å². The minimum absolute atomic E-state index is 0.0278. The molecule has 0 aliphatic rings. The molecule has 41 valence electrons. The van der Waals surface area contributed by atoms with Crippen LogP contribution in [0.2, 0.25) is 0 Å². The molecule has 0 bridgehead atoms. The van der Waals surface area contributed by atoms with Crippen molar-refractivity contribution in [1.29, 1.82) is 0 Å². The number of hydrogen-bond donors (Lipinski definition) is 0. The number of hydrogen-bond acceptors (Lipinski definition) is 2. The van der Waals surface area contributed by atoms with E-state index < -0.39 is 0 Å². The first kappa shape index (κ1) is 6.40. The molecule has 0 aliphatic carbocycles. The molecule has 3 nitrogen and oxygen atoms in total. The van der Waals surface area contributed by atoms with E-state index in [-0.39, 0.29) is 17.4 Å². The van der Waals surface area contributed by atoms with Gasteiger partial charge in [0.05, 0.1) is 0 Å². The van der Waals surface area contributed by atoms with Gasteiger partial charge >= 0.3 is 0 Å². The molecule has 0 heterocycles. The summed E-state index contributed by atoms with van der Waals surface area (Å²) in [7, 11) is 0. The van der Waals surface area contributed by atoms with E-state index in [1.807, 2.05) is 0 Å². The van der Waals surface area contributed by atoms with Gasteiger partial charge in [-0.1, -0.05) is 6.92 Å². The average Bonchev–Trinajstić information content (AvgIpc) is 1.27. The van der Waals surface area contributed by atoms with Crippen LogP contribution in [0, 0.1) is 23.0 Å². The van der Waals surface area contributed by atoms with Gasteiger partial charge in [-0.15, -0.1) is 0 Å². The molecule has 0 aromatic heterocycles. The Hall–Kier alpha value is -0.600. The summed E-state index contributed by atoms with van der Waals surface area (Å²) < 4.78 is 0. The topological polar surface area (TPSA) is 43.1 Å². The standard InChI is InChI=1S/C4H8NO2/c1-4(2)3-5(6)7/h4H,1,3H2,2H3. The Labute approximate surface area is 42.5 Å². The van der Waals surface area contributed by atoms with Crippen molar-refractivity contribution in [2.45, 2.75) is 6.92 Å². The van der Waals surface area contributed by atoms with Gasteiger partial charge < -0.3 is 0 Å². The molecule has 1 unspecified atom stereocenters.